The molecule has 1 amide bonds. The number of aromatic amines is 1. The predicted molar refractivity (Wildman–Crippen MR) is 119 cm³/mol. The van der Waals surface area contributed by atoms with Crippen LogP contribution in [0.4, 0.5) is 5.69 Å². The van der Waals surface area contributed by atoms with Crippen LogP contribution in [0.1, 0.15) is 19.3 Å². The maximum absolute atomic E-state index is 11.6. The van der Waals surface area contributed by atoms with Crippen LogP contribution in [0.2, 0.25) is 0 Å². The number of H-pyrrole nitrogens is 1. The van der Waals surface area contributed by atoms with Crippen molar-refractivity contribution >= 4 is 11.6 Å². The molecule has 0 aliphatic carbocycles. The van der Waals surface area contributed by atoms with E-state index in [1.165, 1.54) is 6.42 Å². The van der Waals surface area contributed by atoms with Crippen molar-refractivity contribution in [2.75, 3.05) is 46.6 Å². The van der Waals surface area contributed by atoms with E-state index >= 15 is 0 Å². The number of methoxy groups -OCH3 is 1. The van der Waals surface area contributed by atoms with Crippen molar-refractivity contribution < 1.29 is 9.53 Å². The first kappa shape index (κ1) is 23.2. The summed E-state index contributed by atoms with van der Waals surface area (Å²) in [6, 6.07) is 5.20. The highest BCUT2D eigenvalue weighted by molar-refractivity contribution is 5.87. The van der Waals surface area contributed by atoms with Gasteiger partial charge in [-0.05, 0) is 51.1 Å². The fourth-order valence-corrected chi connectivity index (χ4v) is 2.95. The quantitative estimate of drug-likeness (QED) is 0.728. The highest BCUT2D eigenvalue weighted by Crippen LogP contribution is 2.21. The van der Waals surface area contributed by atoms with Gasteiger partial charge in [-0.1, -0.05) is 6.08 Å². The van der Waals surface area contributed by atoms with E-state index in [2.05, 4.69) is 9.97 Å². The van der Waals surface area contributed by atoms with Crippen molar-refractivity contribution in [3.8, 4) is 17.0 Å². The standard InChI is InChI=1S/C11H11N3O2.C11H20N2O/c1-16-10-5-7(2-3-13-10)8-4-9(12)11(15)14-6-8;1-12(2)8-6-7-11(14)13-9-4-3-5-10-13/h2-6H,12H2,1H3,(H,14,15);6-7H,3-5,8-10H2,1-2H3/b;7-6+. The minimum absolute atomic E-state index is 0.173. The molecule has 0 atom stereocenters. The maximum Gasteiger partial charge on any atom is 0.271 e. The minimum atomic E-state index is -0.287. The van der Waals surface area contributed by atoms with E-state index in [1.807, 2.05) is 36.0 Å². The zero-order valence-corrected chi connectivity index (χ0v) is 17.9. The predicted octanol–water partition coefficient (Wildman–Crippen LogP) is 2.14. The number of rotatable bonds is 5. The first-order valence-corrected chi connectivity index (χ1v) is 9.99. The van der Waals surface area contributed by atoms with Crippen LogP contribution < -0.4 is 16.0 Å². The molecule has 1 aliphatic heterocycles. The molecule has 2 aromatic heterocycles. The smallest absolute Gasteiger partial charge is 0.271 e. The summed E-state index contributed by atoms with van der Waals surface area (Å²) >= 11 is 0. The third kappa shape index (κ3) is 7.36. The molecule has 3 N–H and O–H groups in total. The number of likely N-dealkylation sites (N-methyl/N-ethyl adjacent to an activating group) is 1. The summed E-state index contributed by atoms with van der Waals surface area (Å²) in [4.78, 5) is 33.3. The molecule has 0 saturated carbocycles. The Kier molecular flexibility index (Phi) is 9.08. The number of nitrogens with two attached hydrogens (primary N) is 1. The molecule has 0 radical (unpaired) electrons. The van der Waals surface area contributed by atoms with E-state index in [-0.39, 0.29) is 17.2 Å². The van der Waals surface area contributed by atoms with Gasteiger partial charge in [0.1, 0.15) is 0 Å². The van der Waals surface area contributed by atoms with Gasteiger partial charge in [-0.2, -0.15) is 0 Å². The molecule has 8 nitrogen and oxygen atoms in total. The van der Waals surface area contributed by atoms with Crippen LogP contribution in [-0.2, 0) is 4.79 Å². The molecule has 1 aliphatic rings. The zero-order chi connectivity index (χ0) is 21.9. The maximum atomic E-state index is 11.6. The van der Waals surface area contributed by atoms with Gasteiger partial charge >= 0.3 is 0 Å². The highest BCUT2D eigenvalue weighted by atomic mass is 16.5. The zero-order valence-electron chi connectivity index (χ0n) is 17.9. The third-order valence-corrected chi connectivity index (χ3v) is 4.61. The van der Waals surface area contributed by atoms with E-state index in [9.17, 15) is 9.59 Å². The second kappa shape index (κ2) is 11.8. The van der Waals surface area contributed by atoms with Crippen molar-refractivity contribution in [2.45, 2.75) is 19.3 Å². The number of piperidine rings is 1. The Morgan fingerprint density at radius 2 is 2.00 bits per heavy atom. The van der Waals surface area contributed by atoms with Crippen molar-refractivity contribution in [3.05, 3.63) is 53.1 Å². The van der Waals surface area contributed by atoms with E-state index < -0.39 is 0 Å². The molecule has 3 rings (SSSR count). The Bertz CT molecular complexity index is 902. The van der Waals surface area contributed by atoms with E-state index in [0.29, 0.717) is 5.88 Å². The number of ether oxygens (including phenoxy) is 1. The van der Waals surface area contributed by atoms with Gasteiger partial charge in [-0.25, -0.2) is 4.98 Å². The van der Waals surface area contributed by atoms with E-state index in [4.69, 9.17) is 10.5 Å². The normalized spacial score (nSPS) is 13.8. The number of pyridine rings is 2. The largest absolute Gasteiger partial charge is 0.481 e. The van der Waals surface area contributed by atoms with Crippen molar-refractivity contribution in [1.82, 2.24) is 19.8 Å². The average molecular weight is 414 g/mol. The number of carbonyl (C=O) groups is 1. The number of anilines is 1. The molecule has 30 heavy (non-hydrogen) atoms. The fraction of sp³-hybridized carbons (Fsp3) is 0.409. The summed E-state index contributed by atoms with van der Waals surface area (Å²) in [5.74, 6) is 0.689. The van der Waals surface area contributed by atoms with Gasteiger partial charge in [0.2, 0.25) is 11.8 Å². The molecule has 162 valence electrons. The molecular formula is C22H31N5O3. The number of nitrogens with zero attached hydrogens (tertiary/aromatic N) is 3. The summed E-state index contributed by atoms with van der Waals surface area (Å²) in [5, 5.41) is 0. The van der Waals surface area contributed by atoms with Crippen molar-refractivity contribution in [2.24, 2.45) is 0 Å². The van der Waals surface area contributed by atoms with Gasteiger partial charge in [0.15, 0.2) is 0 Å². The minimum Gasteiger partial charge on any atom is -0.481 e. The SMILES string of the molecule is CN(C)C/C=C/C(=O)N1CCCCC1.COc1cc(-c2c[nH]c(=O)c(N)c2)ccn1. The molecule has 3 heterocycles. The Morgan fingerprint density at radius 1 is 1.27 bits per heavy atom. The van der Waals surface area contributed by atoms with Crippen LogP contribution in [0, 0.1) is 0 Å². The van der Waals surface area contributed by atoms with Crippen molar-refractivity contribution in [3.63, 3.8) is 0 Å². The lowest BCUT2D eigenvalue weighted by molar-refractivity contribution is -0.126. The molecule has 1 fully saturated rings. The number of amides is 1. The summed E-state index contributed by atoms with van der Waals surface area (Å²) in [5.41, 5.74) is 7.14. The van der Waals surface area contributed by atoms with Crippen LogP contribution >= 0.6 is 0 Å². The molecular weight excluding hydrogens is 382 g/mol. The van der Waals surface area contributed by atoms with Gasteiger partial charge < -0.3 is 25.3 Å². The Hall–Kier alpha value is -3.13. The van der Waals surface area contributed by atoms with Crippen LogP contribution in [0.25, 0.3) is 11.1 Å². The summed E-state index contributed by atoms with van der Waals surface area (Å²) in [7, 11) is 5.54. The summed E-state index contributed by atoms with van der Waals surface area (Å²) in [6.07, 6.45) is 10.5. The van der Waals surface area contributed by atoms with Gasteiger partial charge in [0.05, 0.1) is 12.8 Å². The molecule has 8 heteroatoms. The number of aromatic nitrogens is 2. The average Bonchev–Trinajstić information content (AvgIpc) is 2.76. The lowest BCUT2D eigenvalue weighted by atomic mass is 10.1. The van der Waals surface area contributed by atoms with Gasteiger partial charge in [0.25, 0.3) is 5.56 Å². The summed E-state index contributed by atoms with van der Waals surface area (Å²) in [6.45, 7) is 2.70. The monoisotopic (exact) mass is 413 g/mol. The number of nitrogen functional groups attached to an aromatic ring is 1. The van der Waals surface area contributed by atoms with E-state index in [0.717, 1.165) is 43.6 Å². The van der Waals surface area contributed by atoms with Crippen LogP contribution in [-0.4, -0.2) is 66.5 Å². The van der Waals surface area contributed by atoms with Gasteiger partial charge in [-0.3, -0.25) is 9.59 Å². The highest BCUT2D eigenvalue weighted by Gasteiger charge is 2.13. The summed E-state index contributed by atoms with van der Waals surface area (Å²) < 4.78 is 5.02. The molecule has 0 spiro atoms. The first-order chi connectivity index (χ1) is 14.4. The molecule has 0 unspecified atom stereocenters. The van der Waals surface area contributed by atoms with Crippen LogP contribution in [0.15, 0.2) is 47.5 Å². The third-order valence-electron chi connectivity index (χ3n) is 4.61. The van der Waals surface area contributed by atoms with Crippen molar-refractivity contribution in [1.29, 1.82) is 0 Å². The second-order valence-electron chi connectivity index (χ2n) is 7.31. The topological polar surface area (TPSA) is 105 Å². The number of hydrogen-bond donors (Lipinski definition) is 2. The number of carbonyl (C=O) groups excluding carboxylic acids is 1. The van der Waals surface area contributed by atoms with E-state index in [1.54, 1.807) is 37.7 Å². The van der Waals surface area contributed by atoms with Gasteiger partial charge in [0, 0.05) is 49.7 Å². The Morgan fingerprint density at radius 3 is 2.63 bits per heavy atom. The number of hydrogen-bond acceptors (Lipinski definition) is 6. The molecule has 0 aromatic carbocycles. The van der Waals surface area contributed by atoms with Crippen LogP contribution in [0.3, 0.4) is 0 Å². The molecule has 0 bridgehead atoms. The lowest BCUT2D eigenvalue weighted by Crippen LogP contribution is -2.34. The Balaban J connectivity index is 0.000000216. The van der Waals surface area contributed by atoms with Gasteiger partial charge in [-0.15, -0.1) is 0 Å². The fourth-order valence-electron chi connectivity index (χ4n) is 2.95. The van der Waals surface area contributed by atoms with Crippen LogP contribution in [0.5, 0.6) is 5.88 Å². The number of likely N-dealkylation sites (tertiary alicyclic amines) is 1. The first-order valence-electron chi connectivity index (χ1n) is 9.99. The second-order valence-corrected chi connectivity index (χ2v) is 7.31. The Labute approximate surface area is 177 Å². The molecule has 2 aromatic rings. The lowest BCUT2D eigenvalue weighted by Gasteiger charge is -2.25. The number of nitrogens with one attached hydrogen (secondary N) is 1. The molecule has 1 saturated heterocycles.